The van der Waals surface area contributed by atoms with E-state index in [0.717, 1.165) is 25.7 Å². The van der Waals surface area contributed by atoms with Gasteiger partial charge in [0.05, 0.1) is 6.04 Å². The van der Waals surface area contributed by atoms with Gasteiger partial charge in [0, 0.05) is 12.6 Å². The second kappa shape index (κ2) is 16.5. The molecule has 0 radical (unpaired) electrons. The fourth-order valence-electron chi connectivity index (χ4n) is 4.25. The molecule has 6 N–H and O–H groups in total. The molecule has 1 aliphatic carbocycles. The highest BCUT2D eigenvalue weighted by Crippen LogP contribution is 2.18. The van der Waals surface area contributed by atoms with Gasteiger partial charge in [-0.3, -0.25) is 14.4 Å². The van der Waals surface area contributed by atoms with E-state index in [2.05, 4.69) is 21.3 Å². The third-order valence-electron chi connectivity index (χ3n) is 6.18. The zero-order chi connectivity index (χ0) is 28.0. The summed E-state index contributed by atoms with van der Waals surface area (Å²) >= 11 is 0. The summed E-state index contributed by atoms with van der Waals surface area (Å²) in [6.45, 7) is 11.3. The van der Waals surface area contributed by atoms with Crippen LogP contribution in [0.3, 0.4) is 0 Å². The lowest BCUT2D eigenvalue weighted by atomic mass is 10.0. The number of rotatable bonds is 13. The summed E-state index contributed by atoms with van der Waals surface area (Å²) in [4.78, 5) is 50.5. The lowest BCUT2D eigenvalue weighted by Gasteiger charge is -2.26. The van der Waals surface area contributed by atoms with Gasteiger partial charge < -0.3 is 31.7 Å². The lowest BCUT2D eigenvalue weighted by Crippen LogP contribution is -2.56. The molecule has 3 atom stereocenters. The van der Waals surface area contributed by atoms with Gasteiger partial charge in [0.15, 0.2) is 0 Å². The van der Waals surface area contributed by atoms with Crippen molar-refractivity contribution in [1.82, 2.24) is 21.3 Å². The Balaban J connectivity index is 2.80. The largest absolute Gasteiger partial charge is 0.444 e. The minimum absolute atomic E-state index is 0.104. The molecule has 0 saturated heterocycles. The van der Waals surface area contributed by atoms with Gasteiger partial charge in [0.2, 0.25) is 17.7 Å². The third-order valence-corrected chi connectivity index (χ3v) is 6.18. The Hall–Kier alpha value is -2.36. The van der Waals surface area contributed by atoms with Crippen LogP contribution >= 0.6 is 0 Å². The topological polar surface area (TPSA) is 152 Å². The smallest absolute Gasteiger partial charge is 0.407 e. The number of carbonyl (C=O) groups excluding carboxylic acids is 4. The second-order valence-corrected chi connectivity index (χ2v) is 11.7. The Bertz CT molecular complexity index is 727. The van der Waals surface area contributed by atoms with Crippen LogP contribution in [0.2, 0.25) is 0 Å². The highest BCUT2D eigenvalue weighted by molar-refractivity contribution is 5.93. The normalized spacial score (nSPS) is 17.2. The molecule has 4 amide bonds. The van der Waals surface area contributed by atoms with E-state index in [1.807, 2.05) is 13.8 Å². The van der Waals surface area contributed by atoms with Gasteiger partial charge in [-0.25, -0.2) is 4.79 Å². The van der Waals surface area contributed by atoms with Crippen molar-refractivity contribution in [2.75, 3.05) is 6.54 Å². The molecule has 0 bridgehead atoms. The highest BCUT2D eigenvalue weighted by atomic mass is 16.6. The summed E-state index contributed by atoms with van der Waals surface area (Å²) in [7, 11) is 0. The molecule has 10 nitrogen and oxygen atoms in total. The van der Waals surface area contributed by atoms with Crippen LogP contribution in [0, 0.1) is 5.92 Å². The molecule has 0 spiro atoms. The molecule has 1 aliphatic rings. The zero-order valence-corrected chi connectivity index (χ0v) is 23.8. The Morgan fingerprint density at radius 1 is 0.865 bits per heavy atom. The highest BCUT2D eigenvalue weighted by Gasteiger charge is 2.29. The Kier molecular flexibility index (Phi) is 14.5. The molecule has 1 fully saturated rings. The molecule has 0 aromatic carbocycles. The van der Waals surface area contributed by atoms with Crippen LogP contribution < -0.4 is 27.0 Å². The van der Waals surface area contributed by atoms with Gasteiger partial charge >= 0.3 is 6.09 Å². The average molecular weight is 526 g/mol. The third kappa shape index (κ3) is 14.8. The Morgan fingerprint density at radius 3 is 2.00 bits per heavy atom. The van der Waals surface area contributed by atoms with Crippen molar-refractivity contribution in [2.45, 2.75) is 136 Å². The van der Waals surface area contributed by atoms with E-state index in [1.54, 1.807) is 27.7 Å². The first-order chi connectivity index (χ1) is 17.3. The van der Waals surface area contributed by atoms with Crippen molar-refractivity contribution < 1.29 is 23.9 Å². The number of nitrogens with two attached hydrogens (primary N) is 1. The average Bonchev–Trinajstić information content (AvgIpc) is 3.04. The molecule has 0 heterocycles. The van der Waals surface area contributed by atoms with Crippen LogP contribution in [0.25, 0.3) is 0 Å². The van der Waals surface area contributed by atoms with Gasteiger partial charge in [0.25, 0.3) is 0 Å². The summed E-state index contributed by atoms with van der Waals surface area (Å²) in [6, 6.07) is -2.15. The molecular formula is C27H51N5O5. The number of nitrogens with one attached hydrogen (secondary N) is 4. The fourth-order valence-corrected chi connectivity index (χ4v) is 4.25. The predicted octanol–water partition coefficient (Wildman–Crippen LogP) is 2.88. The zero-order valence-electron chi connectivity index (χ0n) is 23.8. The van der Waals surface area contributed by atoms with Crippen molar-refractivity contribution in [1.29, 1.82) is 0 Å². The predicted molar refractivity (Wildman–Crippen MR) is 145 cm³/mol. The maximum Gasteiger partial charge on any atom is 0.407 e. The molecule has 0 aliphatic heterocycles. The van der Waals surface area contributed by atoms with Crippen molar-refractivity contribution >= 4 is 23.8 Å². The van der Waals surface area contributed by atoms with Crippen LogP contribution in [0.5, 0.6) is 0 Å². The van der Waals surface area contributed by atoms with Crippen LogP contribution in [0.15, 0.2) is 0 Å². The molecular weight excluding hydrogens is 474 g/mol. The Morgan fingerprint density at radius 2 is 1.46 bits per heavy atom. The Labute approximate surface area is 223 Å². The number of carbonyl (C=O) groups is 4. The quantitative estimate of drug-likeness (QED) is 0.184. The van der Waals surface area contributed by atoms with E-state index in [1.165, 1.54) is 12.8 Å². The van der Waals surface area contributed by atoms with E-state index >= 15 is 0 Å². The fraction of sp³-hybridized carbons (Fsp3) is 0.852. The van der Waals surface area contributed by atoms with Gasteiger partial charge in [0.1, 0.15) is 17.7 Å². The monoisotopic (exact) mass is 525 g/mol. The van der Waals surface area contributed by atoms with Gasteiger partial charge in [-0.15, -0.1) is 0 Å². The standard InChI is InChI=1S/C27H51N5O5/c1-18(2)17-22(32-23(33)19(3)28)25(35)31-21(24(34)30-20-13-9-7-8-10-14-20)15-11-12-16-29-26(36)37-27(4,5)6/h18-22H,7-17,28H2,1-6H3,(H,29,36)(H,30,34)(H,31,35)(H,32,33). The molecule has 0 aromatic heterocycles. The van der Waals surface area contributed by atoms with Gasteiger partial charge in [-0.2, -0.15) is 0 Å². The van der Waals surface area contributed by atoms with Crippen LogP contribution in [-0.4, -0.2) is 60.1 Å². The summed E-state index contributed by atoms with van der Waals surface area (Å²) in [5.74, 6) is -0.854. The maximum absolute atomic E-state index is 13.2. The summed E-state index contributed by atoms with van der Waals surface area (Å²) in [5.41, 5.74) is 5.11. The van der Waals surface area contributed by atoms with Crippen LogP contribution in [0.4, 0.5) is 4.79 Å². The first-order valence-corrected chi connectivity index (χ1v) is 13.9. The van der Waals surface area contributed by atoms with Gasteiger partial charge in [-0.05, 0) is 72.1 Å². The van der Waals surface area contributed by atoms with E-state index in [9.17, 15) is 19.2 Å². The maximum atomic E-state index is 13.2. The number of alkyl carbamates (subject to hydrolysis) is 1. The van der Waals surface area contributed by atoms with Crippen LogP contribution in [0.1, 0.15) is 106 Å². The van der Waals surface area contributed by atoms with Crippen molar-refractivity contribution in [3.8, 4) is 0 Å². The number of hydrogen-bond donors (Lipinski definition) is 5. The SMILES string of the molecule is CC(C)CC(NC(=O)C(C)N)C(=O)NC(CCCCNC(=O)OC(C)(C)C)C(=O)NC1CCCCCC1. The molecule has 1 rings (SSSR count). The lowest BCUT2D eigenvalue weighted by molar-refractivity contribution is -0.133. The number of amides is 4. The molecule has 1 saturated carbocycles. The van der Waals surface area contributed by atoms with Crippen molar-refractivity contribution in [2.24, 2.45) is 11.7 Å². The van der Waals surface area contributed by atoms with E-state index < -0.39 is 41.6 Å². The summed E-state index contributed by atoms with van der Waals surface area (Å²) in [6.07, 6.45) is 7.98. The molecule has 0 aromatic rings. The number of hydrogen-bond acceptors (Lipinski definition) is 6. The second-order valence-electron chi connectivity index (χ2n) is 11.7. The van der Waals surface area contributed by atoms with Crippen molar-refractivity contribution in [3.63, 3.8) is 0 Å². The van der Waals surface area contributed by atoms with E-state index in [4.69, 9.17) is 10.5 Å². The van der Waals surface area contributed by atoms with E-state index in [-0.39, 0.29) is 17.9 Å². The summed E-state index contributed by atoms with van der Waals surface area (Å²) < 4.78 is 5.24. The molecule has 214 valence electrons. The first-order valence-electron chi connectivity index (χ1n) is 13.9. The van der Waals surface area contributed by atoms with Crippen LogP contribution in [-0.2, 0) is 19.1 Å². The van der Waals surface area contributed by atoms with Crippen molar-refractivity contribution in [3.05, 3.63) is 0 Å². The van der Waals surface area contributed by atoms with Gasteiger partial charge in [-0.1, -0.05) is 39.5 Å². The van der Waals surface area contributed by atoms with E-state index in [0.29, 0.717) is 32.2 Å². The minimum Gasteiger partial charge on any atom is -0.444 e. The summed E-state index contributed by atoms with van der Waals surface area (Å²) in [5, 5.41) is 11.5. The number of ether oxygens (including phenoxy) is 1. The first kappa shape index (κ1) is 32.7. The minimum atomic E-state index is -0.777. The molecule has 10 heteroatoms. The molecule has 37 heavy (non-hydrogen) atoms. The number of unbranched alkanes of at least 4 members (excludes halogenated alkanes) is 1. The molecule has 3 unspecified atom stereocenters.